The van der Waals surface area contributed by atoms with Crippen molar-refractivity contribution in [1.29, 1.82) is 0 Å². The van der Waals surface area contributed by atoms with Gasteiger partial charge in [0.25, 0.3) is 0 Å². The highest BCUT2D eigenvalue weighted by molar-refractivity contribution is 6.00. The van der Waals surface area contributed by atoms with Crippen molar-refractivity contribution in [3.05, 3.63) is 35.4 Å². The lowest BCUT2D eigenvalue weighted by molar-refractivity contribution is -0.134. The Kier molecular flexibility index (Phi) is 3.84. The molecule has 0 bridgehead atoms. The first kappa shape index (κ1) is 16.2. The molecule has 2 aromatic rings. The predicted molar refractivity (Wildman–Crippen MR) is 99.5 cm³/mol. The van der Waals surface area contributed by atoms with E-state index in [0.717, 1.165) is 48.1 Å². The minimum Gasteiger partial charge on any atom is -0.494 e. The number of hydrogen-bond acceptors (Lipinski definition) is 3. The largest absolute Gasteiger partial charge is 0.494 e. The lowest BCUT2D eigenvalue weighted by atomic mass is 9.79. The van der Waals surface area contributed by atoms with Gasteiger partial charge in [-0.2, -0.15) is 0 Å². The summed E-state index contributed by atoms with van der Waals surface area (Å²) in [5.74, 6) is 0.370. The molecule has 1 aromatic heterocycles. The van der Waals surface area contributed by atoms with Gasteiger partial charge in [-0.3, -0.25) is 9.69 Å². The van der Waals surface area contributed by atoms with Crippen LogP contribution in [-0.2, 0) is 11.2 Å². The van der Waals surface area contributed by atoms with E-state index in [1.807, 2.05) is 30.9 Å². The van der Waals surface area contributed by atoms with Gasteiger partial charge >= 0.3 is 0 Å². The van der Waals surface area contributed by atoms with Gasteiger partial charge in [0.05, 0.1) is 5.92 Å². The number of likely N-dealkylation sites (N-methyl/N-ethyl adjacent to an activating group) is 1. The number of aromatic nitrogens is 1. The number of nitrogens with zero attached hydrogens (tertiary/aromatic N) is 2. The van der Waals surface area contributed by atoms with Gasteiger partial charge in [0.1, 0.15) is 0 Å². The molecule has 5 nitrogen and oxygen atoms in total. The number of H-pyrrole nitrogens is 1. The maximum absolute atomic E-state index is 12.9. The van der Waals surface area contributed by atoms with Crippen molar-refractivity contribution in [2.75, 3.05) is 26.7 Å². The summed E-state index contributed by atoms with van der Waals surface area (Å²) in [4.78, 5) is 20.1. The van der Waals surface area contributed by atoms with E-state index in [9.17, 15) is 9.90 Å². The molecule has 4 rings (SSSR count). The Bertz CT molecular complexity index is 863. The van der Waals surface area contributed by atoms with Crippen LogP contribution in [0, 0.1) is 5.92 Å². The standard InChI is InChI=1S/C20H25N3O2/c1-4-23(5-2)20(25)12-9-14-13-7-6-8-16-18(13)15(19(24)21-16)10-17(14)22(3)11-12/h6-9,12,17,21,24H,4-5,10-11H2,1-3H3/t12?,17-/m1/s1. The highest BCUT2D eigenvalue weighted by Gasteiger charge is 2.37. The second-order valence-electron chi connectivity index (χ2n) is 7.08. The van der Waals surface area contributed by atoms with Crippen LogP contribution in [0.5, 0.6) is 5.88 Å². The number of hydrogen-bond donors (Lipinski definition) is 2. The van der Waals surface area contributed by atoms with E-state index < -0.39 is 0 Å². The van der Waals surface area contributed by atoms with Gasteiger partial charge in [0.2, 0.25) is 5.91 Å². The Morgan fingerprint density at radius 1 is 1.36 bits per heavy atom. The number of amides is 1. The molecule has 2 heterocycles. The molecule has 0 fully saturated rings. The molecule has 0 radical (unpaired) electrons. The summed E-state index contributed by atoms with van der Waals surface area (Å²) in [7, 11) is 2.08. The molecule has 2 aliphatic rings. The molecule has 132 valence electrons. The predicted octanol–water partition coefficient (Wildman–Crippen LogP) is 2.61. The molecule has 2 N–H and O–H groups in total. The van der Waals surface area contributed by atoms with Crippen LogP contribution in [-0.4, -0.2) is 58.5 Å². The van der Waals surface area contributed by atoms with Gasteiger partial charge in [-0.15, -0.1) is 0 Å². The van der Waals surface area contributed by atoms with Gasteiger partial charge in [-0.1, -0.05) is 18.2 Å². The van der Waals surface area contributed by atoms with E-state index in [4.69, 9.17) is 0 Å². The number of fused-ring (bicyclic) bond motifs is 2. The van der Waals surface area contributed by atoms with E-state index in [2.05, 4.69) is 29.1 Å². The van der Waals surface area contributed by atoms with Crippen LogP contribution in [0.1, 0.15) is 25.0 Å². The average molecular weight is 339 g/mol. The van der Waals surface area contributed by atoms with Crippen molar-refractivity contribution in [3.63, 3.8) is 0 Å². The van der Waals surface area contributed by atoms with Crippen LogP contribution < -0.4 is 0 Å². The monoisotopic (exact) mass is 339 g/mol. The molecule has 1 aliphatic heterocycles. The first-order valence-corrected chi connectivity index (χ1v) is 9.08. The van der Waals surface area contributed by atoms with Gasteiger partial charge in [0, 0.05) is 42.1 Å². The summed E-state index contributed by atoms with van der Waals surface area (Å²) in [6.45, 7) is 6.27. The summed E-state index contributed by atoms with van der Waals surface area (Å²) >= 11 is 0. The number of benzene rings is 1. The van der Waals surface area contributed by atoms with Gasteiger partial charge in [-0.25, -0.2) is 0 Å². The molecule has 25 heavy (non-hydrogen) atoms. The Morgan fingerprint density at radius 2 is 2.12 bits per heavy atom. The van der Waals surface area contributed by atoms with Gasteiger partial charge in [0.15, 0.2) is 5.88 Å². The van der Waals surface area contributed by atoms with Crippen molar-refractivity contribution in [2.45, 2.75) is 26.3 Å². The quantitative estimate of drug-likeness (QED) is 0.904. The van der Waals surface area contributed by atoms with E-state index in [1.165, 1.54) is 5.57 Å². The zero-order chi connectivity index (χ0) is 17.7. The number of aromatic amines is 1. The minimum absolute atomic E-state index is 0.111. The third-order valence-corrected chi connectivity index (χ3v) is 5.76. The van der Waals surface area contributed by atoms with E-state index >= 15 is 0 Å². The fourth-order valence-electron chi connectivity index (χ4n) is 4.45. The number of carbonyl (C=O) groups is 1. The molecule has 5 heteroatoms. The van der Waals surface area contributed by atoms with E-state index in [-0.39, 0.29) is 23.7 Å². The molecule has 0 saturated heterocycles. The molecule has 1 unspecified atom stereocenters. The number of rotatable bonds is 3. The van der Waals surface area contributed by atoms with Crippen molar-refractivity contribution in [2.24, 2.45) is 5.92 Å². The average Bonchev–Trinajstić information content (AvgIpc) is 2.93. The first-order chi connectivity index (χ1) is 12.0. The molecule has 0 saturated carbocycles. The summed E-state index contributed by atoms with van der Waals surface area (Å²) in [5.41, 5.74) is 4.32. The first-order valence-electron chi connectivity index (χ1n) is 9.08. The number of aromatic hydroxyl groups is 1. The Morgan fingerprint density at radius 3 is 2.84 bits per heavy atom. The molecule has 1 aliphatic carbocycles. The fraction of sp³-hybridized carbons (Fsp3) is 0.450. The second-order valence-corrected chi connectivity index (χ2v) is 7.08. The normalized spacial score (nSPS) is 22.6. The second kappa shape index (κ2) is 5.92. The van der Waals surface area contributed by atoms with Crippen molar-refractivity contribution in [3.8, 4) is 5.88 Å². The Balaban J connectivity index is 1.83. The minimum atomic E-state index is -0.111. The summed E-state index contributed by atoms with van der Waals surface area (Å²) in [6.07, 6.45) is 2.95. The molecule has 1 aromatic carbocycles. The maximum atomic E-state index is 12.9. The van der Waals surface area contributed by atoms with Crippen molar-refractivity contribution in [1.82, 2.24) is 14.8 Å². The number of carbonyl (C=O) groups excluding carboxylic acids is 1. The summed E-state index contributed by atoms with van der Waals surface area (Å²) < 4.78 is 0. The van der Waals surface area contributed by atoms with Crippen LogP contribution >= 0.6 is 0 Å². The molecule has 0 spiro atoms. The van der Waals surface area contributed by atoms with Gasteiger partial charge < -0.3 is 15.0 Å². The molecular formula is C20H25N3O2. The maximum Gasteiger partial charge on any atom is 0.230 e. The van der Waals surface area contributed by atoms with Crippen molar-refractivity contribution >= 4 is 22.4 Å². The lowest BCUT2D eigenvalue weighted by Crippen LogP contribution is -2.47. The summed E-state index contributed by atoms with van der Waals surface area (Å²) in [5, 5.41) is 11.4. The van der Waals surface area contributed by atoms with Crippen LogP contribution in [0.4, 0.5) is 0 Å². The smallest absolute Gasteiger partial charge is 0.230 e. The Labute approximate surface area is 147 Å². The number of nitrogens with one attached hydrogen (secondary N) is 1. The zero-order valence-electron chi connectivity index (χ0n) is 15.0. The van der Waals surface area contributed by atoms with E-state index in [1.54, 1.807) is 0 Å². The highest BCUT2D eigenvalue weighted by Crippen LogP contribution is 2.43. The summed E-state index contributed by atoms with van der Waals surface area (Å²) in [6, 6.07) is 6.32. The van der Waals surface area contributed by atoms with E-state index in [0.29, 0.717) is 0 Å². The lowest BCUT2D eigenvalue weighted by Gasteiger charge is -2.40. The topological polar surface area (TPSA) is 59.6 Å². The Hall–Kier alpha value is -2.27. The van der Waals surface area contributed by atoms with Crippen LogP contribution in [0.15, 0.2) is 24.3 Å². The third-order valence-electron chi connectivity index (χ3n) is 5.76. The zero-order valence-corrected chi connectivity index (χ0v) is 15.0. The van der Waals surface area contributed by atoms with Crippen LogP contribution in [0.25, 0.3) is 16.5 Å². The molecule has 1 amide bonds. The van der Waals surface area contributed by atoms with Crippen molar-refractivity contribution < 1.29 is 9.90 Å². The fourth-order valence-corrected chi connectivity index (χ4v) is 4.45. The third kappa shape index (κ3) is 2.37. The molecular weight excluding hydrogens is 314 g/mol. The van der Waals surface area contributed by atoms with Crippen LogP contribution in [0.2, 0.25) is 0 Å². The SMILES string of the molecule is CCN(CC)C(=O)C1C=C2c3cccc4[nH]c(O)c(c34)C[C@H]2N(C)C1. The highest BCUT2D eigenvalue weighted by atomic mass is 16.3. The van der Waals surface area contributed by atoms with Crippen LogP contribution in [0.3, 0.4) is 0 Å². The molecule has 2 atom stereocenters. The van der Waals surface area contributed by atoms with Gasteiger partial charge in [-0.05, 0) is 44.5 Å².